The molecule has 0 saturated heterocycles. The van der Waals surface area contributed by atoms with Gasteiger partial charge in [-0.2, -0.15) is 0 Å². The van der Waals surface area contributed by atoms with Crippen LogP contribution in [-0.4, -0.2) is 29.8 Å². The fourth-order valence-corrected chi connectivity index (χ4v) is 2.30. The SMILES string of the molecule is COc1cc(Cl)c(C)cc1NC(=O)CSC(C)C(C)=O. The quantitative estimate of drug-likeness (QED) is 0.875. The van der Waals surface area contributed by atoms with Gasteiger partial charge in [0.05, 0.1) is 23.8 Å². The number of rotatable bonds is 6. The van der Waals surface area contributed by atoms with Gasteiger partial charge in [-0.25, -0.2) is 0 Å². The number of methoxy groups -OCH3 is 1. The second kappa shape index (κ2) is 7.55. The van der Waals surface area contributed by atoms with Gasteiger partial charge in [-0.05, 0) is 32.4 Å². The average molecular weight is 316 g/mol. The van der Waals surface area contributed by atoms with Gasteiger partial charge in [0, 0.05) is 11.1 Å². The third kappa shape index (κ3) is 4.72. The minimum atomic E-state index is -0.186. The predicted octanol–water partition coefficient (Wildman–Crippen LogP) is 3.31. The average Bonchev–Trinajstić information content (AvgIpc) is 2.39. The molecule has 1 atom stereocenters. The van der Waals surface area contributed by atoms with Crippen LogP contribution in [0.15, 0.2) is 12.1 Å². The fourth-order valence-electron chi connectivity index (χ4n) is 1.43. The van der Waals surface area contributed by atoms with Crippen LogP contribution in [0, 0.1) is 6.92 Å². The lowest BCUT2D eigenvalue weighted by molar-refractivity contribution is -0.116. The molecule has 1 amide bonds. The summed E-state index contributed by atoms with van der Waals surface area (Å²) >= 11 is 7.31. The number of Topliss-reactive ketones (excluding diaryl/α,β-unsaturated/α-hetero) is 1. The minimum absolute atomic E-state index is 0.0581. The molecular weight excluding hydrogens is 298 g/mol. The molecule has 0 radical (unpaired) electrons. The monoisotopic (exact) mass is 315 g/mol. The molecule has 20 heavy (non-hydrogen) atoms. The Hall–Kier alpha value is -1.20. The van der Waals surface area contributed by atoms with Crippen LogP contribution in [0.1, 0.15) is 19.4 Å². The molecular formula is C14H18ClNO3S. The largest absolute Gasteiger partial charge is 0.495 e. The van der Waals surface area contributed by atoms with Crippen LogP contribution in [-0.2, 0) is 9.59 Å². The first-order valence-corrected chi connectivity index (χ1v) is 7.53. The number of thioether (sulfide) groups is 1. The Morgan fingerprint density at radius 2 is 2.10 bits per heavy atom. The molecule has 0 heterocycles. The highest BCUT2D eigenvalue weighted by Crippen LogP contribution is 2.31. The third-order valence-corrected chi connectivity index (χ3v) is 4.46. The lowest BCUT2D eigenvalue weighted by Gasteiger charge is -2.13. The van der Waals surface area contributed by atoms with Gasteiger partial charge in [-0.1, -0.05) is 11.6 Å². The maximum atomic E-state index is 11.9. The fraction of sp³-hybridized carbons (Fsp3) is 0.429. The zero-order chi connectivity index (χ0) is 15.3. The number of anilines is 1. The molecule has 0 saturated carbocycles. The zero-order valence-corrected chi connectivity index (χ0v) is 13.5. The van der Waals surface area contributed by atoms with Crippen molar-refractivity contribution in [3.8, 4) is 5.75 Å². The van der Waals surface area contributed by atoms with Gasteiger partial charge in [-0.3, -0.25) is 9.59 Å². The topological polar surface area (TPSA) is 55.4 Å². The van der Waals surface area contributed by atoms with E-state index in [1.54, 1.807) is 19.1 Å². The number of nitrogens with one attached hydrogen (secondary N) is 1. The van der Waals surface area contributed by atoms with Crippen LogP contribution in [0.3, 0.4) is 0 Å². The maximum absolute atomic E-state index is 11.9. The van der Waals surface area contributed by atoms with Crippen LogP contribution in [0.2, 0.25) is 5.02 Å². The van der Waals surface area contributed by atoms with Gasteiger partial charge >= 0.3 is 0 Å². The van der Waals surface area contributed by atoms with Crippen molar-refractivity contribution >= 4 is 40.7 Å². The molecule has 0 fully saturated rings. The van der Waals surface area contributed by atoms with E-state index in [-0.39, 0.29) is 22.7 Å². The summed E-state index contributed by atoms with van der Waals surface area (Å²) in [5.74, 6) is 0.607. The summed E-state index contributed by atoms with van der Waals surface area (Å²) in [7, 11) is 1.52. The first-order chi connectivity index (χ1) is 9.35. The molecule has 110 valence electrons. The van der Waals surface area contributed by atoms with E-state index in [2.05, 4.69) is 5.32 Å². The van der Waals surface area contributed by atoms with Crippen LogP contribution in [0.25, 0.3) is 0 Å². The summed E-state index contributed by atoms with van der Waals surface area (Å²) in [6.45, 7) is 5.15. The summed E-state index contributed by atoms with van der Waals surface area (Å²) in [6, 6.07) is 3.43. The number of carbonyl (C=O) groups excluding carboxylic acids is 2. The predicted molar refractivity (Wildman–Crippen MR) is 84.0 cm³/mol. The third-order valence-electron chi connectivity index (χ3n) is 2.79. The van der Waals surface area contributed by atoms with Crippen molar-refractivity contribution in [2.45, 2.75) is 26.0 Å². The Bertz CT molecular complexity index is 519. The van der Waals surface area contributed by atoms with E-state index in [1.807, 2.05) is 6.92 Å². The Labute approximate surface area is 128 Å². The Kier molecular flexibility index (Phi) is 6.36. The lowest BCUT2D eigenvalue weighted by atomic mass is 10.2. The number of aryl methyl sites for hydroxylation is 1. The van der Waals surface area contributed by atoms with Crippen molar-refractivity contribution in [2.24, 2.45) is 0 Å². The van der Waals surface area contributed by atoms with Gasteiger partial charge in [0.1, 0.15) is 11.5 Å². The molecule has 1 unspecified atom stereocenters. The van der Waals surface area contributed by atoms with Crippen molar-refractivity contribution in [2.75, 3.05) is 18.2 Å². The first-order valence-electron chi connectivity index (χ1n) is 6.11. The summed E-state index contributed by atoms with van der Waals surface area (Å²) in [6.07, 6.45) is 0. The van der Waals surface area contributed by atoms with Crippen molar-refractivity contribution in [1.82, 2.24) is 0 Å². The summed E-state index contributed by atoms with van der Waals surface area (Å²) in [5, 5.41) is 3.17. The molecule has 6 heteroatoms. The maximum Gasteiger partial charge on any atom is 0.234 e. The zero-order valence-electron chi connectivity index (χ0n) is 12.0. The van der Waals surface area contributed by atoms with Crippen LogP contribution >= 0.6 is 23.4 Å². The van der Waals surface area contributed by atoms with Crippen molar-refractivity contribution in [3.63, 3.8) is 0 Å². The Balaban J connectivity index is 2.71. The second-order valence-electron chi connectivity index (χ2n) is 4.41. The number of hydrogen-bond acceptors (Lipinski definition) is 4. The van der Waals surface area contributed by atoms with Crippen LogP contribution < -0.4 is 10.1 Å². The molecule has 1 rings (SSSR count). The Morgan fingerprint density at radius 1 is 1.45 bits per heavy atom. The highest BCUT2D eigenvalue weighted by molar-refractivity contribution is 8.01. The molecule has 1 N–H and O–H groups in total. The number of ether oxygens (including phenoxy) is 1. The molecule has 0 aliphatic heterocycles. The standard InChI is InChI=1S/C14H18ClNO3S/c1-8-5-12(13(19-4)6-11(8)15)16-14(18)7-20-10(3)9(2)17/h5-6,10H,7H2,1-4H3,(H,16,18). The van der Waals surface area contributed by atoms with Crippen molar-refractivity contribution in [1.29, 1.82) is 0 Å². The second-order valence-corrected chi connectivity index (χ2v) is 6.15. The molecule has 0 aliphatic carbocycles. The lowest BCUT2D eigenvalue weighted by Crippen LogP contribution is -2.18. The van der Waals surface area contributed by atoms with E-state index in [0.717, 1.165) is 5.56 Å². The summed E-state index contributed by atoms with van der Waals surface area (Å²) in [4.78, 5) is 23.0. The number of ketones is 1. The Morgan fingerprint density at radius 3 is 2.65 bits per heavy atom. The van der Waals surface area contributed by atoms with E-state index in [9.17, 15) is 9.59 Å². The van der Waals surface area contributed by atoms with Gasteiger partial charge in [0.15, 0.2) is 0 Å². The number of carbonyl (C=O) groups is 2. The summed E-state index contributed by atoms with van der Waals surface area (Å²) in [5.41, 5.74) is 1.43. The normalized spacial score (nSPS) is 11.8. The van der Waals surface area contributed by atoms with E-state index >= 15 is 0 Å². The van der Waals surface area contributed by atoms with Gasteiger partial charge in [0.2, 0.25) is 5.91 Å². The van der Waals surface area contributed by atoms with Gasteiger partial charge < -0.3 is 10.1 Å². The van der Waals surface area contributed by atoms with Crippen LogP contribution in [0.5, 0.6) is 5.75 Å². The van der Waals surface area contributed by atoms with Crippen molar-refractivity contribution in [3.05, 3.63) is 22.7 Å². The number of halogens is 1. The minimum Gasteiger partial charge on any atom is -0.495 e. The van der Waals surface area contributed by atoms with E-state index in [4.69, 9.17) is 16.3 Å². The molecule has 4 nitrogen and oxygen atoms in total. The molecule has 1 aromatic rings. The van der Waals surface area contributed by atoms with E-state index < -0.39 is 0 Å². The van der Waals surface area contributed by atoms with Crippen LogP contribution in [0.4, 0.5) is 5.69 Å². The van der Waals surface area contributed by atoms with E-state index in [1.165, 1.54) is 25.8 Å². The number of benzene rings is 1. The van der Waals surface area contributed by atoms with E-state index in [0.29, 0.717) is 16.5 Å². The van der Waals surface area contributed by atoms with Crippen molar-refractivity contribution < 1.29 is 14.3 Å². The molecule has 0 spiro atoms. The molecule has 1 aromatic carbocycles. The number of amides is 1. The smallest absolute Gasteiger partial charge is 0.234 e. The molecule has 0 aliphatic rings. The highest BCUT2D eigenvalue weighted by Gasteiger charge is 2.13. The molecule has 0 aromatic heterocycles. The first kappa shape index (κ1) is 16.9. The number of hydrogen-bond donors (Lipinski definition) is 1. The summed E-state index contributed by atoms with van der Waals surface area (Å²) < 4.78 is 5.19. The van der Waals surface area contributed by atoms with Gasteiger partial charge in [-0.15, -0.1) is 11.8 Å². The molecule has 0 bridgehead atoms. The highest BCUT2D eigenvalue weighted by atomic mass is 35.5. The van der Waals surface area contributed by atoms with Gasteiger partial charge in [0.25, 0.3) is 0 Å².